The van der Waals surface area contributed by atoms with E-state index in [0.29, 0.717) is 56.6 Å². The Kier molecular flexibility index (Phi) is 34.3. The zero-order chi connectivity index (χ0) is 60.8. The lowest BCUT2D eigenvalue weighted by atomic mass is 9.96. The summed E-state index contributed by atoms with van der Waals surface area (Å²) < 4.78 is 0. The van der Waals surface area contributed by atoms with Crippen molar-refractivity contribution in [2.75, 3.05) is 43.7 Å². The number of rotatable bonds is 40. The molecule has 1 rings (SSSR count). The number of thioether (sulfide) groups is 2. The van der Waals surface area contributed by atoms with Gasteiger partial charge in [0.05, 0.1) is 25.0 Å². The summed E-state index contributed by atoms with van der Waals surface area (Å²) >= 11 is 2.67. The predicted molar refractivity (Wildman–Crippen MR) is 300 cm³/mol. The van der Waals surface area contributed by atoms with Crippen molar-refractivity contribution in [2.24, 2.45) is 34.8 Å². The molecule has 12 atom stereocenters. The van der Waals surface area contributed by atoms with Gasteiger partial charge in [-0.2, -0.15) is 23.5 Å². The molecule has 19 N–H and O–H groups in total. The molecule has 28 nitrogen and oxygen atoms in total. The number of carboxylic acids is 2. The summed E-state index contributed by atoms with van der Waals surface area (Å²) in [6, 6.07) is -13.9. The maximum atomic E-state index is 14.2. The number of nitrogens with zero attached hydrogens (tertiary/aromatic N) is 1. The Morgan fingerprint density at radius 3 is 1.49 bits per heavy atom. The number of aliphatic carboxylic acids is 2. The van der Waals surface area contributed by atoms with Crippen LogP contribution in [0.3, 0.4) is 0 Å². The van der Waals surface area contributed by atoms with E-state index in [9.17, 15) is 72.9 Å². The van der Waals surface area contributed by atoms with Crippen molar-refractivity contribution in [2.45, 2.75) is 185 Å². The van der Waals surface area contributed by atoms with Crippen LogP contribution >= 0.6 is 23.5 Å². The molecule has 0 bridgehead atoms. The van der Waals surface area contributed by atoms with Gasteiger partial charge in [0.25, 0.3) is 0 Å². The third kappa shape index (κ3) is 25.3. The van der Waals surface area contributed by atoms with E-state index >= 15 is 0 Å². The lowest BCUT2D eigenvalue weighted by Gasteiger charge is -2.31. The van der Waals surface area contributed by atoms with E-state index in [0.717, 1.165) is 0 Å². The third-order valence-corrected chi connectivity index (χ3v) is 14.6. The summed E-state index contributed by atoms with van der Waals surface area (Å²) in [7, 11) is 0. The molecule has 0 aromatic rings. The highest BCUT2D eigenvalue weighted by Crippen LogP contribution is 2.20. The Morgan fingerprint density at radius 1 is 0.575 bits per heavy atom. The van der Waals surface area contributed by atoms with Crippen molar-refractivity contribution in [1.29, 1.82) is 0 Å². The Balaban J connectivity index is 3.42. The molecule has 0 spiro atoms. The van der Waals surface area contributed by atoms with Crippen molar-refractivity contribution in [3.05, 3.63) is 0 Å². The maximum Gasteiger partial charge on any atom is 0.326 e. The number of carboxylic acid groups (broad SMARTS) is 2. The summed E-state index contributed by atoms with van der Waals surface area (Å²) in [5.41, 5.74) is 22.6. The number of hydrogen-bond acceptors (Lipinski definition) is 18. The number of primary amides is 1. The summed E-state index contributed by atoms with van der Waals surface area (Å²) in [5, 5.41) is 50.1. The van der Waals surface area contributed by atoms with E-state index in [4.69, 9.17) is 22.9 Å². The number of aliphatic hydroxyl groups excluding tert-OH is 1. The quantitative estimate of drug-likeness (QED) is 0.0264. The van der Waals surface area contributed by atoms with Crippen LogP contribution in [0.4, 0.5) is 0 Å². The van der Waals surface area contributed by atoms with Crippen LogP contribution in [0.1, 0.15) is 118 Å². The van der Waals surface area contributed by atoms with Crippen molar-refractivity contribution < 1.29 is 72.9 Å². The van der Waals surface area contributed by atoms with Gasteiger partial charge in [0, 0.05) is 6.54 Å². The topological polar surface area (TPSA) is 469 Å². The van der Waals surface area contributed by atoms with Crippen LogP contribution in [0.25, 0.3) is 0 Å². The Bertz CT molecular complexity index is 2090. The first-order valence-electron chi connectivity index (χ1n) is 27.0. The SMILES string of the molecule is CC[C@H](C)[C@H](NC(=O)[C@@H](NC(=O)[C@@H]1CCCN1C(=O)[C@@H](N)CCCCN)[C@@H](C)O)C(=O)N[C@@H](CC(=O)O)C(=O)N[C@H](C(=O)N[C@@H](CCCCN)C(=O)N[C@@H](CCSC)C(=O)N[C@@H](CCSC)C(=O)N[C@@H](CC(N)=O)C(=O)O)C(C)C. The van der Waals surface area contributed by atoms with Crippen LogP contribution in [0.15, 0.2) is 0 Å². The first-order valence-corrected chi connectivity index (χ1v) is 29.8. The zero-order valence-corrected chi connectivity index (χ0v) is 48.7. The number of nitrogens with two attached hydrogens (primary N) is 4. The number of amides is 10. The average Bonchev–Trinajstić information content (AvgIpc) is 3.89. The molecule has 0 unspecified atom stereocenters. The predicted octanol–water partition coefficient (Wildman–Crippen LogP) is -3.54. The fourth-order valence-electron chi connectivity index (χ4n) is 8.43. The van der Waals surface area contributed by atoms with Crippen molar-refractivity contribution >= 4 is 94.5 Å². The van der Waals surface area contributed by atoms with Crippen molar-refractivity contribution in [1.82, 2.24) is 47.4 Å². The van der Waals surface area contributed by atoms with E-state index in [1.54, 1.807) is 40.2 Å². The molecule has 1 aliphatic heterocycles. The smallest absolute Gasteiger partial charge is 0.326 e. The van der Waals surface area contributed by atoms with Crippen molar-refractivity contribution in [3.8, 4) is 0 Å². The fourth-order valence-corrected chi connectivity index (χ4v) is 9.38. The van der Waals surface area contributed by atoms with E-state index < -0.39 is 162 Å². The van der Waals surface area contributed by atoms with E-state index in [1.807, 2.05) is 0 Å². The molecule has 1 fully saturated rings. The number of carbonyl (C=O) groups is 12. The Morgan fingerprint density at radius 2 is 1.02 bits per heavy atom. The highest BCUT2D eigenvalue weighted by Gasteiger charge is 2.41. The Labute approximate surface area is 476 Å². The molecule has 0 saturated carbocycles. The van der Waals surface area contributed by atoms with Crippen LogP contribution in [0.2, 0.25) is 0 Å². The van der Waals surface area contributed by atoms with Gasteiger partial charge >= 0.3 is 11.9 Å². The average molecular weight is 1180 g/mol. The number of carbonyl (C=O) groups excluding carboxylic acids is 10. The molecule has 0 aromatic carbocycles. The summed E-state index contributed by atoms with van der Waals surface area (Å²) in [4.78, 5) is 161. The third-order valence-electron chi connectivity index (χ3n) is 13.3. The monoisotopic (exact) mass is 1180 g/mol. The lowest BCUT2D eigenvalue weighted by Crippen LogP contribution is -2.63. The van der Waals surface area contributed by atoms with E-state index in [-0.39, 0.29) is 45.2 Å². The summed E-state index contributed by atoms with van der Waals surface area (Å²) in [5.74, 6) is -12.6. The van der Waals surface area contributed by atoms with Crippen LogP contribution < -0.4 is 65.5 Å². The molecule has 0 aliphatic carbocycles. The van der Waals surface area contributed by atoms with Gasteiger partial charge in [-0.05, 0) is 114 Å². The van der Waals surface area contributed by atoms with Crippen LogP contribution in [0, 0.1) is 11.8 Å². The standard InChI is InChI=1S/C50H89N13O15S2/c1-8-27(4)39(61-48(75)40(28(5)64)62-45(72)35-16-13-21-63(35)49(76)29(53)14-9-11-19-51)47(74)58-33(25-37(66)67)44(71)60-38(26(2)3)46(73)57-30(15-10-12-20-52)41(68)55-31(17-22-79-6)42(69)56-32(18-23-80-7)43(70)59-34(50(77)78)24-36(54)65/h26-35,38-40,64H,8-25,51-53H2,1-7H3,(H2,54,65)(H,55,68)(H,56,69)(H,57,73)(H,58,74)(H,59,70)(H,60,71)(H,61,75)(H,62,72)(H,66,67)(H,77,78)/t27-,28+,29-,30-,31-,32-,33-,34-,35-,38-,39-,40-/m0/s1. The number of hydrogen-bond donors (Lipinski definition) is 15. The molecule has 0 radical (unpaired) electrons. The normalized spacial score (nSPS) is 17.3. The van der Waals surface area contributed by atoms with E-state index in [2.05, 4.69) is 42.5 Å². The Hall–Kier alpha value is -5.82. The second-order valence-corrected chi connectivity index (χ2v) is 22.1. The van der Waals surface area contributed by atoms with Gasteiger partial charge in [0.15, 0.2) is 0 Å². The van der Waals surface area contributed by atoms with Crippen molar-refractivity contribution in [3.63, 3.8) is 0 Å². The lowest BCUT2D eigenvalue weighted by molar-refractivity contribution is -0.143. The molecule has 30 heteroatoms. The minimum Gasteiger partial charge on any atom is -0.481 e. The number of likely N-dealkylation sites (tertiary alicyclic amines) is 1. The molecular weight excluding hydrogens is 1090 g/mol. The van der Waals surface area contributed by atoms with Crippen LogP contribution in [-0.4, -0.2) is 201 Å². The number of unbranched alkanes of at least 4 members (excludes halogenated alkanes) is 2. The second-order valence-electron chi connectivity index (χ2n) is 20.2. The molecule has 456 valence electrons. The zero-order valence-electron chi connectivity index (χ0n) is 47.0. The van der Waals surface area contributed by atoms with Gasteiger partial charge in [-0.15, -0.1) is 0 Å². The van der Waals surface area contributed by atoms with Crippen LogP contribution in [-0.2, 0) is 57.5 Å². The summed E-state index contributed by atoms with van der Waals surface area (Å²) in [6.45, 7) is 8.47. The van der Waals surface area contributed by atoms with E-state index in [1.165, 1.54) is 35.3 Å². The first kappa shape index (κ1) is 72.2. The molecular formula is C50H89N13O15S2. The summed E-state index contributed by atoms with van der Waals surface area (Å²) in [6.07, 6.45) is 3.61. The molecule has 1 heterocycles. The molecule has 1 aliphatic rings. The van der Waals surface area contributed by atoms with Gasteiger partial charge in [-0.3, -0.25) is 52.7 Å². The van der Waals surface area contributed by atoms with Gasteiger partial charge in [0.1, 0.15) is 54.4 Å². The van der Waals surface area contributed by atoms with Gasteiger partial charge in [-0.25, -0.2) is 4.79 Å². The molecule has 0 aromatic heterocycles. The fraction of sp³-hybridized carbons (Fsp3) is 0.760. The minimum absolute atomic E-state index is 0.0109. The maximum absolute atomic E-state index is 14.2. The van der Waals surface area contributed by atoms with Gasteiger partial charge in [-0.1, -0.05) is 40.5 Å². The molecule has 10 amide bonds. The largest absolute Gasteiger partial charge is 0.481 e. The number of nitrogens with one attached hydrogen (secondary N) is 8. The van der Waals surface area contributed by atoms with Gasteiger partial charge in [0.2, 0.25) is 59.1 Å². The number of aliphatic hydroxyl groups is 1. The highest BCUT2D eigenvalue weighted by atomic mass is 32.2. The minimum atomic E-state index is -1.85. The highest BCUT2D eigenvalue weighted by molar-refractivity contribution is 7.98. The van der Waals surface area contributed by atoms with Gasteiger partial charge < -0.3 is 85.7 Å². The van der Waals surface area contributed by atoms with Crippen LogP contribution in [0.5, 0.6) is 0 Å². The molecule has 1 saturated heterocycles. The second kappa shape index (κ2) is 38.0. The first-order chi connectivity index (χ1) is 37.7. The molecule has 80 heavy (non-hydrogen) atoms.